The van der Waals surface area contributed by atoms with Crippen LogP contribution in [0.1, 0.15) is 57.1 Å². The number of hydrogen-bond donors (Lipinski definition) is 0. The van der Waals surface area contributed by atoms with Crippen molar-refractivity contribution in [3.05, 3.63) is 139 Å². The van der Waals surface area contributed by atoms with Gasteiger partial charge in [0.15, 0.2) is 17.5 Å². The van der Waals surface area contributed by atoms with Gasteiger partial charge in [0.1, 0.15) is 0 Å². The second kappa shape index (κ2) is 12.9. The van der Waals surface area contributed by atoms with E-state index >= 15 is 0 Å². The molecule has 2 bridgehead atoms. The van der Waals surface area contributed by atoms with E-state index in [-0.39, 0.29) is 5.41 Å². The van der Waals surface area contributed by atoms with Gasteiger partial charge in [0, 0.05) is 16.7 Å². The second-order valence-electron chi connectivity index (χ2n) is 14.5. The summed E-state index contributed by atoms with van der Waals surface area (Å²) in [6, 6.07) is 46.3. The summed E-state index contributed by atoms with van der Waals surface area (Å²) < 4.78 is 0. The van der Waals surface area contributed by atoms with Crippen LogP contribution in [0, 0.1) is 29.1 Å². The highest BCUT2D eigenvalue weighted by Gasteiger charge is 2.46. The molecule has 4 nitrogen and oxygen atoms in total. The zero-order valence-corrected chi connectivity index (χ0v) is 28.2. The normalized spacial score (nSPS) is 21.5. The van der Waals surface area contributed by atoms with E-state index in [9.17, 15) is 5.26 Å². The molecule has 0 saturated heterocycles. The molecule has 0 aliphatic heterocycles. The second-order valence-corrected chi connectivity index (χ2v) is 14.5. The van der Waals surface area contributed by atoms with Gasteiger partial charge in [0.25, 0.3) is 0 Å². The highest BCUT2D eigenvalue weighted by Crippen LogP contribution is 2.56. The van der Waals surface area contributed by atoms with E-state index in [2.05, 4.69) is 92.7 Å². The summed E-state index contributed by atoms with van der Waals surface area (Å²) in [5.41, 5.74) is 9.33. The first-order valence-electron chi connectivity index (χ1n) is 17.6. The van der Waals surface area contributed by atoms with Gasteiger partial charge >= 0.3 is 0 Å². The summed E-state index contributed by atoms with van der Waals surface area (Å²) in [4.78, 5) is 15.3. The van der Waals surface area contributed by atoms with E-state index in [1.807, 2.05) is 54.6 Å². The molecule has 2 aliphatic carbocycles. The largest absolute Gasteiger partial charge is 0.208 e. The SMILES string of the molecule is C[C@@H]1C[C@@H]2C[C@H](C)CC(c3ccc(-c4nc(-c5ccccc5)nc(-c5cccc(-c6ccccc6)c5)n4)cc3-c3ccccc3C#N)(C1)C2. The Labute approximate surface area is 289 Å². The smallest absolute Gasteiger partial charge is 0.164 e. The summed E-state index contributed by atoms with van der Waals surface area (Å²) in [7, 11) is 0. The highest BCUT2D eigenvalue weighted by atomic mass is 15.0. The molecule has 1 heterocycles. The van der Waals surface area contributed by atoms with Crippen LogP contribution in [-0.2, 0) is 5.41 Å². The number of nitriles is 1. The fourth-order valence-corrected chi connectivity index (χ4v) is 9.04. The lowest BCUT2D eigenvalue weighted by molar-refractivity contribution is 0.0784. The molecule has 0 radical (unpaired) electrons. The van der Waals surface area contributed by atoms with Crippen LogP contribution in [-0.4, -0.2) is 15.0 Å². The van der Waals surface area contributed by atoms with Gasteiger partial charge in [0.05, 0.1) is 11.6 Å². The average Bonchev–Trinajstić information content (AvgIpc) is 3.14. The van der Waals surface area contributed by atoms with E-state index in [1.54, 1.807) is 0 Å². The summed E-state index contributed by atoms with van der Waals surface area (Å²) in [6.45, 7) is 4.86. The molecule has 49 heavy (non-hydrogen) atoms. The fraction of sp³-hybridized carbons (Fsp3) is 0.244. The van der Waals surface area contributed by atoms with Gasteiger partial charge in [-0.2, -0.15) is 5.26 Å². The quantitative estimate of drug-likeness (QED) is 0.182. The molecule has 0 spiro atoms. The molecule has 2 fully saturated rings. The molecule has 2 aliphatic rings. The zero-order valence-electron chi connectivity index (χ0n) is 28.2. The number of hydrogen-bond acceptors (Lipinski definition) is 4. The molecular weight excluding hydrogens is 597 g/mol. The molecule has 8 rings (SSSR count). The first-order chi connectivity index (χ1) is 24.0. The zero-order chi connectivity index (χ0) is 33.4. The van der Waals surface area contributed by atoms with Crippen molar-refractivity contribution in [2.75, 3.05) is 0 Å². The average molecular weight is 637 g/mol. The Bertz CT molecular complexity index is 2150. The van der Waals surface area contributed by atoms with Crippen molar-refractivity contribution in [3.8, 4) is 62.5 Å². The van der Waals surface area contributed by atoms with Crippen molar-refractivity contribution in [3.63, 3.8) is 0 Å². The molecule has 4 heteroatoms. The van der Waals surface area contributed by atoms with Crippen LogP contribution in [0.15, 0.2) is 127 Å². The monoisotopic (exact) mass is 636 g/mol. The minimum atomic E-state index is 0.0910. The molecule has 0 N–H and O–H groups in total. The van der Waals surface area contributed by atoms with Gasteiger partial charge in [-0.05, 0) is 101 Å². The van der Waals surface area contributed by atoms with Crippen molar-refractivity contribution in [2.24, 2.45) is 17.8 Å². The van der Waals surface area contributed by atoms with Gasteiger partial charge in [-0.3, -0.25) is 0 Å². The minimum absolute atomic E-state index is 0.0910. The standard InChI is InChI=1S/C45H40N4/c1-30-22-32-23-31(2)27-45(26-30,28-32)41-21-20-37(25-40(41)39-19-10-9-16-38(39)29-46)44-48-42(34-14-7-4-8-15-34)47-43(49-44)36-18-11-17-35(24-36)33-12-5-3-6-13-33/h3-21,24-25,30-32H,22-23,26-28H2,1-2H3/t30-,31+,32-,45?. The lowest BCUT2D eigenvalue weighted by Crippen LogP contribution is -2.42. The first kappa shape index (κ1) is 30.9. The number of aromatic nitrogens is 3. The number of rotatable bonds is 6. The van der Waals surface area contributed by atoms with Crippen LogP contribution in [0.25, 0.3) is 56.4 Å². The van der Waals surface area contributed by atoms with Crippen molar-refractivity contribution in [1.29, 1.82) is 5.26 Å². The van der Waals surface area contributed by atoms with Crippen LogP contribution in [0.5, 0.6) is 0 Å². The van der Waals surface area contributed by atoms with Gasteiger partial charge in [-0.15, -0.1) is 0 Å². The van der Waals surface area contributed by atoms with Crippen molar-refractivity contribution < 1.29 is 0 Å². The van der Waals surface area contributed by atoms with Crippen molar-refractivity contribution >= 4 is 0 Å². The lowest BCUT2D eigenvalue weighted by Gasteiger charge is -2.51. The molecular formula is C45H40N4. The number of benzene rings is 5. The highest BCUT2D eigenvalue weighted by molar-refractivity contribution is 5.80. The molecule has 4 atom stereocenters. The molecule has 0 amide bonds. The van der Waals surface area contributed by atoms with Gasteiger partial charge in [-0.25, -0.2) is 15.0 Å². The summed E-state index contributed by atoms with van der Waals surface area (Å²) >= 11 is 0. The van der Waals surface area contributed by atoms with Crippen molar-refractivity contribution in [2.45, 2.75) is 51.4 Å². The first-order valence-corrected chi connectivity index (χ1v) is 17.6. The Morgan fingerprint density at radius 2 is 1.08 bits per heavy atom. The van der Waals surface area contributed by atoms with Gasteiger partial charge in [0.2, 0.25) is 0 Å². The predicted octanol–water partition coefficient (Wildman–Crippen LogP) is 11.2. The molecule has 1 aromatic heterocycles. The minimum Gasteiger partial charge on any atom is -0.208 e. The van der Waals surface area contributed by atoms with Gasteiger partial charge in [-0.1, -0.05) is 123 Å². The number of fused-ring (bicyclic) bond motifs is 2. The number of nitrogens with zero attached hydrogens (tertiary/aromatic N) is 4. The third kappa shape index (κ3) is 6.07. The summed E-state index contributed by atoms with van der Waals surface area (Å²) in [5, 5.41) is 10.3. The fourth-order valence-electron chi connectivity index (χ4n) is 9.04. The Balaban J connectivity index is 1.32. The van der Waals surface area contributed by atoms with E-state index in [4.69, 9.17) is 15.0 Å². The molecule has 6 aromatic rings. The Hall–Kier alpha value is -5.40. The Morgan fingerprint density at radius 3 is 1.76 bits per heavy atom. The van der Waals surface area contributed by atoms with E-state index in [0.717, 1.165) is 44.9 Å². The van der Waals surface area contributed by atoms with Gasteiger partial charge < -0.3 is 0 Å². The molecule has 240 valence electrons. The van der Waals surface area contributed by atoms with Crippen LogP contribution >= 0.6 is 0 Å². The van der Waals surface area contributed by atoms with Crippen LogP contribution in [0.4, 0.5) is 0 Å². The summed E-state index contributed by atoms with van der Waals surface area (Å²) in [6.07, 6.45) is 6.21. The molecule has 2 saturated carbocycles. The Morgan fingerprint density at radius 1 is 0.531 bits per heavy atom. The topological polar surface area (TPSA) is 62.5 Å². The maximum absolute atomic E-state index is 10.3. The van der Waals surface area contributed by atoms with Crippen molar-refractivity contribution in [1.82, 2.24) is 15.0 Å². The van der Waals surface area contributed by atoms with Crippen LogP contribution in [0.2, 0.25) is 0 Å². The maximum Gasteiger partial charge on any atom is 0.164 e. The molecule has 1 unspecified atom stereocenters. The van der Waals surface area contributed by atoms with E-state index < -0.39 is 0 Å². The summed E-state index contributed by atoms with van der Waals surface area (Å²) in [5.74, 6) is 4.00. The van der Waals surface area contributed by atoms with E-state index in [1.165, 1.54) is 37.7 Å². The van der Waals surface area contributed by atoms with Crippen LogP contribution in [0.3, 0.4) is 0 Å². The Kier molecular flexibility index (Phi) is 8.14. The lowest BCUT2D eigenvalue weighted by atomic mass is 9.53. The van der Waals surface area contributed by atoms with Crippen LogP contribution < -0.4 is 0 Å². The predicted molar refractivity (Wildman–Crippen MR) is 198 cm³/mol. The third-order valence-corrected chi connectivity index (χ3v) is 10.7. The molecule has 5 aromatic carbocycles. The maximum atomic E-state index is 10.3. The third-order valence-electron chi connectivity index (χ3n) is 10.7. The van der Waals surface area contributed by atoms with E-state index in [0.29, 0.717) is 34.9 Å².